The number of carbonyl (C=O) groups is 3. The van der Waals surface area contributed by atoms with Crippen LogP contribution in [0.25, 0.3) is 11.1 Å². The van der Waals surface area contributed by atoms with Crippen molar-refractivity contribution < 1.29 is 24.2 Å². The second-order valence-electron chi connectivity index (χ2n) is 9.25. The molecule has 7 heteroatoms. The molecular formula is C26H30N2O5. The fourth-order valence-electron chi connectivity index (χ4n) is 5.02. The summed E-state index contributed by atoms with van der Waals surface area (Å²) in [6.45, 7) is 4.68. The summed E-state index contributed by atoms with van der Waals surface area (Å²) in [6.07, 6.45) is 0.114. The van der Waals surface area contributed by atoms with Gasteiger partial charge in [-0.3, -0.25) is 9.59 Å². The predicted octanol–water partition coefficient (Wildman–Crippen LogP) is 3.87. The van der Waals surface area contributed by atoms with Crippen molar-refractivity contribution >= 4 is 18.0 Å². The van der Waals surface area contributed by atoms with Crippen molar-refractivity contribution in [3.8, 4) is 11.1 Å². The van der Waals surface area contributed by atoms with Gasteiger partial charge in [0.1, 0.15) is 6.61 Å². The van der Waals surface area contributed by atoms with E-state index in [-0.39, 0.29) is 37.3 Å². The first-order chi connectivity index (χ1) is 15.8. The van der Waals surface area contributed by atoms with Gasteiger partial charge in [0.15, 0.2) is 0 Å². The maximum Gasteiger partial charge on any atom is 0.407 e. The summed E-state index contributed by atoms with van der Waals surface area (Å²) in [5, 5.41) is 12.1. The maximum atomic E-state index is 12.7. The van der Waals surface area contributed by atoms with Crippen LogP contribution in [-0.4, -0.2) is 53.7 Å². The number of nitrogens with one attached hydrogen (secondary N) is 1. The van der Waals surface area contributed by atoms with E-state index >= 15 is 0 Å². The number of alkyl carbamates (subject to hydrolysis) is 1. The number of carboxylic acids is 1. The summed E-state index contributed by atoms with van der Waals surface area (Å²) in [5.74, 6) is -1.46. The number of amides is 2. The van der Waals surface area contributed by atoms with E-state index in [1.165, 1.54) is 0 Å². The predicted molar refractivity (Wildman–Crippen MR) is 124 cm³/mol. The van der Waals surface area contributed by atoms with E-state index in [1.54, 1.807) is 11.8 Å². The molecule has 1 aliphatic heterocycles. The molecule has 0 spiro atoms. The number of fused-ring (bicyclic) bond motifs is 3. The Hall–Kier alpha value is -3.35. The zero-order valence-electron chi connectivity index (χ0n) is 19.0. The van der Waals surface area contributed by atoms with Crippen LogP contribution in [0.1, 0.15) is 43.7 Å². The van der Waals surface area contributed by atoms with Crippen LogP contribution < -0.4 is 5.32 Å². The number of hydrogen-bond acceptors (Lipinski definition) is 4. The van der Waals surface area contributed by atoms with Gasteiger partial charge in [0.25, 0.3) is 0 Å². The van der Waals surface area contributed by atoms with E-state index in [9.17, 15) is 19.5 Å². The Balaban J connectivity index is 1.31. The summed E-state index contributed by atoms with van der Waals surface area (Å²) < 4.78 is 5.55. The molecule has 2 aromatic rings. The van der Waals surface area contributed by atoms with Gasteiger partial charge >= 0.3 is 12.1 Å². The fourth-order valence-corrected chi connectivity index (χ4v) is 5.02. The monoisotopic (exact) mass is 450 g/mol. The lowest BCUT2D eigenvalue weighted by molar-refractivity contribution is -0.147. The summed E-state index contributed by atoms with van der Waals surface area (Å²) in [6, 6.07) is 15.9. The Bertz CT molecular complexity index is 1010. The summed E-state index contributed by atoms with van der Waals surface area (Å²) in [5.41, 5.74) is 4.61. The van der Waals surface area contributed by atoms with Crippen LogP contribution in [0.2, 0.25) is 0 Å². The average Bonchev–Trinajstić information content (AvgIpc) is 3.11. The molecule has 2 aliphatic rings. The number of carbonyl (C=O) groups excluding carboxylic acids is 2. The number of rotatable bonds is 6. The van der Waals surface area contributed by atoms with Crippen LogP contribution in [0.4, 0.5) is 4.79 Å². The molecule has 2 unspecified atom stereocenters. The second kappa shape index (κ2) is 9.65. The molecule has 4 rings (SSSR count). The molecule has 0 bridgehead atoms. The number of likely N-dealkylation sites (tertiary alicyclic amines) is 1. The number of ether oxygens (including phenoxy) is 1. The van der Waals surface area contributed by atoms with Crippen molar-refractivity contribution in [1.82, 2.24) is 10.2 Å². The van der Waals surface area contributed by atoms with E-state index in [2.05, 4.69) is 29.6 Å². The molecule has 0 saturated carbocycles. The van der Waals surface area contributed by atoms with Crippen LogP contribution in [0.15, 0.2) is 48.5 Å². The first-order valence-corrected chi connectivity index (χ1v) is 11.5. The Kier molecular flexibility index (Phi) is 6.67. The SMILES string of the molecule is CC1CC(C(=O)O)CN(C(=O)C[C@H](C)NC(=O)OCC2c3ccccc3-c3ccccc32)C1. The van der Waals surface area contributed by atoms with Gasteiger partial charge < -0.3 is 20.1 Å². The number of carboxylic acid groups (broad SMARTS) is 1. The fraction of sp³-hybridized carbons (Fsp3) is 0.423. The van der Waals surface area contributed by atoms with Crippen molar-refractivity contribution in [2.24, 2.45) is 11.8 Å². The Morgan fingerprint density at radius 1 is 1.06 bits per heavy atom. The lowest BCUT2D eigenvalue weighted by Crippen LogP contribution is -2.47. The summed E-state index contributed by atoms with van der Waals surface area (Å²) in [7, 11) is 0. The third kappa shape index (κ3) is 5.02. The minimum Gasteiger partial charge on any atom is -0.481 e. The molecule has 7 nitrogen and oxygen atoms in total. The minimum absolute atomic E-state index is 0.0251. The average molecular weight is 451 g/mol. The van der Waals surface area contributed by atoms with Crippen LogP contribution in [0.3, 0.4) is 0 Å². The molecule has 1 fully saturated rings. The standard InChI is InChI=1S/C26H30N2O5/c1-16-11-18(25(30)31)14-28(13-16)24(29)12-17(2)27-26(32)33-15-23-21-9-5-3-7-19(21)20-8-4-6-10-22(20)23/h3-10,16-18,23H,11-15H2,1-2H3,(H,27,32)(H,30,31)/t16?,17-,18?/m0/s1. The molecule has 0 aromatic heterocycles. The first kappa shape index (κ1) is 22.8. The quantitative estimate of drug-likeness (QED) is 0.697. The van der Waals surface area contributed by atoms with Crippen molar-refractivity contribution in [3.63, 3.8) is 0 Å². The van der Waals surface area contributed by atoms with Crippen molar-refractivity contribution in [2.45, 2.75) is 38.6 Å². The lowest BCUT2D eigenvalue weighted by Gasteiger charge is -2.35. The van der Waals surface area contributed by atoms with Gasteiger partial charge in [0.05, 0.1) is 5.92 Å². The van der Waals surface area contributed by atoms with Gasteiger partial charge in [0.2, 0.25) is 5.91 Å². The minimum atomic E-state index is -0.871. The normalized spacial score (nSPS) is 20.5. The zero-order chi connectivity index (χ0) is 23.5. The highest BCUT2D eigenvalue weighted by Crippen LogP contribution is 2.44. The highest BCUT2D eigenvalue weighted by molar-refractivity contribution is 5.80. The van der Waals surface area contributed by atoms with Crippen LogP contribution in [-0.2, 0) is 14.3 Å². The Morgan fingerprint density at radius 2 is 1.67 bits per heavy atom. The van der Waals surface area contributed by atoms with Gasteiger partial charge in [-0.15, -0.1) is 0 Å². The van der Waals surface area contributed by atoms with Gasteiger partial charge in [-0.2, -0.15) is 0 Å². The van der Waals surface area contributed by atoms with E-state index < -0.39 is 24.0 Å². The van der Waals surface area contributed by atoms with Gasteiger partial charge in [0, 0.05) is 31.5 Å². The van der Waals surface area contributed by atoms with Crippen LogP contribution >= 0.6 is 0 Å². The number of hydrogen-bond donors (Lipinski definition) is 2. The highest BCUT2D eigenvalue weighted by Gasteiger charge is 2.33. The number of benzene rings is 2. The molecule has 33 heavy (non-hydrogen) atoms. The number of aliphatic carboxylic acids is 1. The Labute approximate surface area is 193 Å². The third-order valence-electron chi connectivity index (χ3n) is 6.55. The van der Waals surface area contributed by atoms with Crippen LogP contribution in [0.5, 0.6) is 0 Å². The summed E-state index contributed by atoms with van der Waals surface area (Å²) >= 11 is 0. The van der Waals surface area contributed by atoms with Crippen molar-refractivity contribution in [2.75, 3.05) is 19.7 Å². The molecule has 174 valence electrons. The molecule has 3 atom stereocenters. The van der Waals surface area contributed by atoms with Gasteiger partial charge in [-0.25, -0.2) is 4.79 Å². The number of piperidine rings is 1. The third-order valence-corrected chi connectivity index (χ3v) is 6.55. The highest BCUT2D eigenvalue weighted by atomic mass is 16.5. The lowest BCUT2D eigenvalue weighted by atomic mass is 9.90. The van der Waals surface area contributed by atoms with Gasteiger partial charge in [-0.1, -0.05) is 55.5 Å². The Morgan fingerprint density at radius 3 is 2.27 bits per heavy atom. The van der Waals surface area contributed by atoms with Gasteiger partial charge in [-0.05, 0) is 41.5 Å². The molecule has 1 heterocycles. The van der Waals surface area contributed by atoms with E-state index in [0.29, 0.717) is 13.0 Å². The molecule has 2 amide bonds. The first-order valence-electron chi connectivity index (χ1n) is 11.5. The largest absolute Gasteiger partial charge is 0.481 e. The molecule has 0 radical (unpaired) electrons. The zero-order valence-corrected chi connectivity index (χ0v) is 19.0. The molecule has 1 aliphatic carbocycles. The van der Waals surface area contributed by atoms with E-state index in [0.717, 1.165) is 22.3 Å². The van der Waals surface area contributed by atoms with Crippen molar-refractivity contribution in [1.29, 1.82) is 0 Å². The number of nitrogens with zero attached hydrogens (tertiary/aromatic N) is 1. The smallest absolute Gasteiger partial charge is 0.407 e. The molecule has 2 aromatic carbocycles. The molecule has 1 saturated heterocycles. The topological polar surface area (TPSA) is 95.9 Å². The summed E-state index contributed by atoms with van der Waals surface area (Å²) in [4.78, 5) is 38.1. The van der Waals surface area contributed by atoms with Crippen LogP contribution in [0, 0.1) is 11.8 Å². The molecular weight excluding hydrogens is 420 g/mol. The van der Waals surface area contributed by atoms with E-state index in [4.69, 9.17) is 4.74 Å². The maximum absolute atomic E-state index is 12.7. The second-order valence-corrected chi connectivity index (χ2v) is 9.25. The molecule has 2 N–H and O–H groups in total. The van der Waals surface area contributed by atoms with Crippen molar-refractivity contribution in [3.05, 3.63) is 59.7 Å². The van der Waals surface area contributed by atoms with E-state index in [1.807, 2.05) is 31.2 Å².